The summed E-state index contributed by atoms with van der Waals surface area (Å²) in [5.74, 6) is 2.26. The van der Waals surface area contributed by atoms with Crippen LogP contribution in [0.1, 0.15) is 34.3 Å². The van der Waals surface area contributed by atoms with Crippen LogP contribution >= 0.6 is 0 Å². The predicted octanol–water partition coefficient (Wildman–Crippen LogP) is 3.89. The molecule has 0 radical (unpaired) electrons. The number of fused-ring (bicyclic) bond motifs is 2. The minimum atomic E-state index is -0.766. The van der Waals surface area contributed by atoms with Crippen molar-refractivity contribution in [2.75, 3.05) is 28.4 Å². The van der Waals surface area contributed by atoms with Gasteiger partial charge in [0.05, 0.1) is 28.4 Å². The first-order valence-electron chi connectivity index (χ1n) is 11.6. The molecule has 2 atom stereocenters. The molecule has 2 bridgehead atoms. The summed E-state index contributed by atoms with van der Waals surface area (Å²) >= 11 is 0. The summed E-state index contributed by atoms with van der Waals surface area (Å²) in [7, 11) is 6.33. The van der Waals surface area contributed by atoms with Gasteiger partial charge in [0.2, 0.25) is 0 Å². The quantitative estimate of drug-likeness (QED) is 0.479. The third kappa shape index (κ3) is 3.88. The van der Waals surface area contributed by atoms with Crippen LogP contribution in [0.3, 0.4) is 0 Å². The maximum Gasteiger partial charge on any atom is 0.251 e. The van der Waals surface area contributed by atoms with Crippen LogP contribution in [0.25, 0.3) is 0 Å². The van der Waals surface area contributed by atoms with Crippen molar-refractivity contribution in [3.05, 3.63) is 82.9 Å². The second kappa shape index (κ2) is 9.45. The van der Waals surface area contributed by atoms with Gasteiger partial charge in [-0.05, 0) is 58.7 Å². The number of amides is 2. The van der Waals surface area contributed by atoms with Crippen molar-refractivity contribution < 1.29 is 28.5 Å². The second-order valence-corrected chi connectivity index (χ2v) is 8.77. The lowest BCUT2D eigenvalue weighted by Crippen LogP contribution is -2.60. The molecular weight excluding hydrogens is 460 g/mol. The molecule has 0 aliphatic carbocycles. The molecule has 8 heteroatoms. The number of nitrogens with zero attached hydrogens (tertiary/aromatic N) is 2. The van der Waals surface area contributed by atoms with E-state index in [4.69, 9.17) is 18.9 Å². The standard InChI is InChI=1S/C28H28N2O6/c1-33-19-9-5-17(6-10-19)15-29-25-21-13-23(35-3)24(36-4)14-22(21)26(27(29)31)30(28(25)32)16-18-7-11-20(34-2)12-8-18/h5-14,25-26H,15-16H2,1-4H3. The van der Waals surface area contributed by atoms with E-state index >= 15 is 0 Å². The lowest BCUT2D eigenvalue weighted by Gasteiger charge is -2.50. The summed E-state index contributed by atoms with van der Waals surface area (Å²) in [6.07, 6.45) is 0. The van der Waals surface area contributed by atoms with Crippen molar-refractivity contribution in [3.63, 3.8) is 0 Å². The molecule has 0 N–H and O–H groups in total. The van der Waals surface area contributed by atoms with Gasteiger partial charge in [-0.3, -0.25) is 9.59 Å². The topological polar surface area (TPSA) is 77.5 Å². The number of carbonyl (C=O) groups is 2. The first-order chi connectivity index (χ1) is 17.5. The van der Waals surface area contributed by atoms with Gasteiger partial charge in [0.15, 0.2) is 11.5 Å². The fourth-order valence-corrected chi connectivity index (χ4v) is 5.01. The Morgan fingerprint density at radius 3 is 1.25 bits per heavy atom. The Morgan fingerprint density at radius 2 is 0.944 bits per heavy atom. The SMILES string of the molecule is COc1ccc(CN2C(=O)C3c4cc(OC)c(OC)cc4C2C(=O)N3Cc2ccc(OC)cc2)cc1. The summed E-state index contributed by atoms with van der Waals surface area (Å²) < 4.78 is 21.5. The molecule has 3 aliphatic rings. The molecule has 0 aromatic heterocycles. The molecule has 2 amide bonds. The highest BCUT2D eigenvalue weighted by atomic mass is 16.5. The first-order valence-corrected chi connectivity index (χ1v) is 11.6. The summed E-state index contributed by atoms with van der Waals surface area (Å²) in [5.41, 5.74) is 3.35. The van der Waals surface area contributed by atoms with E-state index in [1.807, 2.05) is 60.7 Å². The maximum atomic E-state index is 13.9. The molecule has 186 valence electrons. The van der Waals surface area contributed by atoms with Crippen LogP contribution in [0, 0.1) is 0 Å². The van der Waals surface area contributed by atoms with Gasteiger partial charge in [-0.25, -0.2) is 0 Å². The zero-order chi connectivity index (χ0) is 25.4. The van der Waals surface area contributed by atoms with Gasteiger partial charge in [-0.2, -0.15) is 0 Å². The zero-order valence-corrected chi connectivity index (χ0v) is 20.7. The summed E-state index contributed by atoms with van der Waals surface area (Å²) in [5, 5.41) is 0. The molecule has 36 heavy (non-hydrogen) atoms. The fourth-order valence-electron chi connectivity index (χ4n) is 5.01. The molecular formula is C28H28N2O6. The monoisotopic (exact) mass is 488 g/mol. The number of carbonyl (C=O) groups excluding carboxylic acids is 2. The lowest BCUT2D eigenvalue weighted by atomic mass is 9.81. The smallest absolute Gasteiger partial charge is 0.251 e. The van der Waals surface area contributed by atoms with E-state index in [0.29, 0.717) is 24.6 Å². The van der Waals surface area contributed by atoms with Crippen molar-refractivity contribution in [1.82, 2.24) is 9.80 Å². The number of rotatable bonds is 8. The second-order valence-electron chi connectivity index (χ2n) is 8.77. The lowest BCUT2D eigenvalue weighted by molar-refractivity contribution is -0.167. The fraction of sp³-hybridized carbons (Fsp3) is 0.286. The van der Waals surface area contributed by atoms with Crippen molar-refractivity contribution in [2.24, 2.45) is 0 Å². The Bertz CT molecular complexity index is 1190. The highest BCUT2D eigenvalue weighted by molar-refractivity contribution is 6.01. The summed E-state index contributed by atoms with van der Waals surface area (Å²) in [6.45, 7) is 0.611. The average molecular weight is 489 g/mol. The highest BCUT2D eigenvalue weighted by Gasteiger charge is 2.53. The third-order valence-corrected chi connectivity index (χ3v) is 6.86. The maximum absolute atomic E-state index is 13.9. The Balaban J connectivity index is 1.55. The van der Waals surface area contributed by atoms with E-state index in [1.54, 1.807) is 38.2 Å². The van der Waals surface area contributed by atoms with Gasteiger partial charge in [-0.1, -0.05) is 24.3 Å². The van der Waals surface area contributed by atoms with Gasteiger partial charge in [-0.15, -0.1) is 0 Å². The van der Waals surface area contributed by atoms with Crippen molar-refractivity contribution in [3.8, 4) is 23.0 Å². The number of hydrogen-bond acceptors (Lipinski definition) is 6. The van der Waals surface area contributed by atoms with E-state index in [0.717, 1.165) is 33.8 Å². The summed E-state index contributed by atoms with van der Waals surface area (Å²) in [4.78, 5) is 31.1. The number of hydrogen-bond donors (Lipinski definition) is 0. The Labute approximate surface area is 209 Å². The van der Waals surface area contributed by atoms with Crippen molar-refractivity contribution in [2.45, 2.75) is 25.2 Å². The van der Waals surface area contributed by atoms with Crippen molar-refractivity contribution in [1.29, 1.82) is 0 Å². The molecule has 0 spiro atoms. The molecule has 0 saturated carbocycles. The molecule has 3 aliphatic heterocycles. The molecule has 8 nitrogen and oxygen atoms in total. The minimum absolute atomic E-state index is 0.122. The molecule has 3 aromatic rings. The van der Waals surface area contributed by atoms with Gasteiger partial charge >= 0.3 is 0 Å². The van der Waals surface area contributed by atoms with Gasteiger partial charge in [0.25, 0.3) is 11.8 Å². The van der Waals surface area contributed by atoms with Crippen LogP contribution in [-0.4, -0.2) is 50.1 Å². The van der Waals surface area contributed by atoms with Gasteiger partial charge in [0, 0.05) is 13.1 Å². The van der Waals surface area contributed by atoms with Gasteiger partial charge in [0.1, 0.15) is 23.6 Å². The molecule has 1 fully saturated rings. The van der Waals surface area contributed by atoms with Crippen molar-refractivity contribution >= 4 is 11.8 Å². The number of benzene rings is 3. The number of methoxy groups -OCH3 is 4. The van der Waals surface area contributed by atoms with Gasteiger partial charge < -0.3 is 28.7 Å². The van der Waals surface area contributed by atoms with Crippen LogP contribution in [0.15, 0.2) is 60.7 Å². The van der Waals surface area contributed by atoms with Crippen LogP contribution < -0.4 is 18.9 Å². The Kier molecular flexibility index (Phi) is 6.18. The molecule has 2 unspecified atom stereocenters. The zero-order valence-electron chi connectivity index (χ0n) is 20.7. The van der Waals surface area contributed by atoms with Crippen LogP contribution in [-0.2, 0) is 22.7 Å². The average Bonchev–Trinajstić information content (AvgIpc) is 2.91. The third-order valence-electron chi connectivity index (χ3n) is 6.86. The van der Waals surface area contributed by atoms with Crippen LogP contribution in [0.4, 0.5) is 0 Å². The Hall–Kier alpha value is -4.20. The van der Waals surface area contributed by atoms with E-state index < -0.39 is 12.1 Å². The summed E-state index contributed by atoms with van der Waals surface area (Å²) in [6, 6.07) is 17.1. The van der Waals surface area contributed by atoms with E-state index in [2.05, 4.69) is 0 Å². The highest BCUT2D eigenvalue weighted by Crippen LogP contribution is 2.50. The number of piperazine rings is 1. The van der Waals surface area contributed by atoms with E-state index in [-0.39, 0.29) is 11.8 Å². The van der Waals surface area contributed by atoms with E-state index in [9.17, 15) is 9.59 Å². The van der Waals surface area contributed by atoms with Crippen LogP contribution in [0.2, 0.25) is 0 Å². The van der Waals surface area contributed by atoms with E-state index in [1.165, 1.54) is 0 Å². The molecule has 6 rings (SSSR count). The first kappa shape index (κ1) is 23.5. The molecule has 3 aromatic carbocycles. The molecule has 1 saturated heterocycles. The largest absolute Gasteiger partial charge is 0.497 e. The normalized spacial score (nSPS) is 18.2. The minimum Gasteiger partial charge on any atom is -0.497 e. The molecule has 3 heterocycles. The Morgan fingerprint density at radius 1 is 0.583 bits per heavy atom. The van der Waals surface area contributed by atoms with Crippen LogP contribution in [0.5, 0.6) is 23.0 Å². The predicted molar refractivity (Wildman–Crippen MR) is 132 cm³/mol. The number of ether oxygens (including phenoxy) is 4.